The monoisotopic (exact) mass is 187 g/mol. The molecule has 0 amide bonds. The fourth-order valence-corrected chi connectivity index (χ4v) is 0.601. The summed E-state index contributed by atoms with van der Waals surface area (Å²) in [6, 6.07) is 0. The Morgan fingerprint density at radius 2 is 1.58 bits per heavy atom. The third kappa shape index (κ3) is 5.89. The molecule has 0 radical (unpaired) electrons. The Balaban J connectivity index is 3.97. The first-order valence-corrected chi connectivity index (χ1v) is 3.05. The van der Waals surface area contributed by atoms with E-state index in [2.05, 4.69) is 4.85 Å². The van der Waals surface area contributed by atoms with E-state index in [0.29, 0.717) is 0 Å². The Kier molecular flexibility index (Phi) is 3.43. The summed E-state index contributed by atoms with van der Waals surface area (Å²) in [5.74, 6) is -3.80. The van der Waals surface area contributed by atoms with Gasteiger partial charge in [-0.25, -0.2) is 15.4 Å². The lowest BCUT2D eigenvalue weighted by Gasteiger charge is -2.15. The highest BCUT2D eigenvalue weighted by Crippen LogP contribution is 2.33. The van der Waals surface area contributed by atoms with Crippen LogP contribution in [0.5, 0.6) is 0 Å². The Hall–Kier alpha value is -0.860. The molecule has 0 saturated heterocycles. The zero-order valence-corrected chi connectivity index (χ0v) is 5.96. The molecular weight excluding hydrogens is 181 g/mol. The molecule has 0 aromatic carbocycles. The SMILES string of the molecule is [C-]#[N+]CCC(F)(F)CC(F)(F)F. The van der Waals surface area contributed by atoms with E-state index in [1.807, 2.05) is 0 Å². The van der Waals surface area contributed by atoms with Crippen molar-refractivity contribution in [2.75, 3.05) is 6.54 Å². The minimum atomic E-state index is -4.87. The van der Waals surface area contributed by atoms with Gasteiger partial charge in [-0.15, -0.1) is 0 Å². The zero-order chi connectivity index (χ0) is 9.83. The fraction of sp³-hybridized carbons (Fsp3) is 0.833. The number of halogens is 5. The van der Waals surface area contributed by atoms with Gasteiger partial charge in [-0.05, 0) is 0 Å². The molecular formula is C6H6F5N. The van der Waals surface area contributed by atoms with Gasteiger partial charge in [0.1, 0.15) is 6.42 Å². The van der Waals surface area contributed by atoms with Gasteiger partial charge in [0.2, 0.25) is 6.54 Å². The molecule has 0 aromatic heterocycles. The van der Waals surface area contributed by atoms with E-state index in [-0.39, 0.29) is 0 Å². The number of hydrogen-bond donors (Lipinski definition) is 0. The van der Waals surface area contributed by atoms with E-state index in [0.717, 1.165) is 0 Å². The van der Waals surface area contributed by atoms with Gasteiger partial charge in [-0.2, -0.15) is 13.2 Å². The van der Waals surface area contributed by atoms with Crippen molar-refractivity contribution in [2.45, 2.75) is 24.9 Å². The van der Waals surface area contributed by atoms with E-state index >= 15 is 0 Å². The van der Waals surface area contributed by atoms with Gasteiger partial charge >= 0.3 is 6.18 Å². The number of rotatable bonds is 3. The molecule has 0 atom stereocenters. The summed E-state index contributed by atoms with van der Waals surface area (Å²) >= 11 is 0. The van der Waals surface area contributed by atoms with Gasteiger partial charge in [0.25, 0.3) is 5.92 Å². The first-order chi connectivity index (χ1) is 5.27. The molecule has 12 heavy (non-hydrogen) atoms. The minimum absolute atomic E-state index is 0.580. The van der Waals surface area contributed by atoms with Crippen LogP contribution in [0.3, 0.4) is 0 Å². The Morgan fingerprint density at radius 3 is 1.92 bits per heavy atom. The van der Waals surface area contributed by atoms with E-state index in [4.69, 9.17) is 6.57 Å². The molecule has 0 unspecified atom stereocenters. The predicted molar refractivity (Wildman–Crippen MR) is 31.7 cm³/mol. The van der Waals surface area contributed by atoms with Crippen molar-refractivity contribution in [1.29, 1.82) is 0 Å². The van der Waals surface area contributed by atoms with Crippen molar-refractivity contribution in [2.24, 2.45) is 0 Å². The van der Waals surface area contributed by atoms with E-state index < -0.39 is 31.5 Å². The van der Waals surface area contributed by atoms with Crippen molar-refractivity contribution < 1.29 is 22.0 Å². The molecule has 0 aliphatic carbocycles. The smallest absolute Gasteiger partial charge is 0.317 e. The maximum atomic E-state index is 12.2. The normalized spacial score (nSPS) is 12.7. The lowest BCUT2D eigenvalue weighted by Crippen LogP contribution is -2.26. The largest absolute Gasteiger partial charge is 0.394 e. The summed E-state index contributed by atoms with van der Waals surface area (Å²) in [6.07, 6.45) is -8.04. The molecule has 0 saturated carbocycles. The second-order valence-corrected chi connectivity index (χ2v) is 2.28. The zero-order valence-electron chi connectivity index (χ0n) is 5.96. The van der Waals surface area contributed by atoms with Crippen LogP contribution in [-0.2, 0) is 0 Å². The minimum Gasteiger partial charge on any atom is -0.317 e. The van der Waals surface area contributed by atoms with Crippen LogP contribution in [0.2, 0.25) is 0 Å². The van der Waals surface area contributed by atoms with Crippen molar-refractivity contribution in [3.63, 3.8) is 0 Å². The molecule has 0 spiro atoms. The van der Waals surface area contributed by atoms with Gasteiger partial charge in [0, 0.05) is 0 Å². The van der Waals surface area contributed by atoms with Crippen LogP contribution in [0.15, 0.2) is 0 Å². The maximum absolute atomic E-state index is 12.2. The molecule has 6 heteroatoms. The Labute approximate surface area is 66.0 Å². The van der Waals surface area contributed by atoms with Crippen LogP contribution in [0, 0.1) is 6.57 Å². The predicted octanol–water partition coefficient (Wildman–Crippen LogP) is 2.88. The van der Waals surface area contributed by atoms with Gasteiger partial charge in [-0.3, -0.25) is 0 Å². The summed E-state index contributed by atoms with van der Waals surface area (Å²) in [5, 5.41) is 0. The van der Waals surface area contributed by atoms with Crippen LogP contribution in [-0.4, -0.2) is 18.6 Å². The van der Waals surface area contributed by atoms with Crippen molar-refractivity contribution in [3.05, 3.63) is 11.4 Å². The molecule has 70 valence electrons. The van der Waals surface area contributed by atoms with Crippen molar-refractivity contribution in [1.82, 2.24) is 0 Å². The standard InChI is InChI=1S/C6H6F5N/c1-12-3-2-5(7,8)4-6(9,10)11/h2-4H2. The lowest BCUT2D eigenvalue weighted by atomic mass is 10.1. The maximum Gasteiger partial charge on any atom is 0.394 e. The van der Waals surface area contributed by atoms with Gasteiger partial charge < -0.3 is 4.85 Å². The summed E-state index contributed by atoms with van der Waals surface area (Å²) in [4.78, 5) is 2.55. The quantitative estimate of drug-likeness (QED) is 0.472. The first-order valence-electron chi connectivity index (χ1n) is 3.05. The summed E-state index contributed by atoms with van der Waals surface area (Å²) in [7, 11) is 0. The highest BCUT2D eigenvalue weighted by molar-refractivity contribution is 4.75. The molecule has 0 aliphatic rings. The second-order valence-electron chi connectivity index (χ2n) is 2.28. The highest BCUT2D eigenvalue weighted by atomic mass is 19.4. The molecule has 0 N–H and O–H groups in total. The van der Waals surface area contributed by atoms with Crippen molar-refractivity contribution in [3.8, 4) is 0 Å². The van der Waals surface area contributed by atoms with E-state index in [1.165, 1.54) is 0 Å². The third-order valence-electron chi connectivity index (χ3n) is 1.05. The van der Waals surface area contributed by atoms with Gasteiger partial charge in [0.15, 0.2) is 0 Å². The molecule has 1 nitrogen and oxygen atoms in total. The fourth-order valence-electron chi connectivity index (χ4n) is 0.601. The summed E-state index contributed by atoms with van der Waals surface area (Å²) < 4.78 is 58.8. The topological polar surface area (TPSA) is 4.36 Å². The highest BCUT2D eigenvalue weighted by Gasteiger charge is 2.43. The van der Waals surface area contributed by atoms with Gasteiger partial charge in [-0.1, -0.05) is 0 Å². The number of hydrogen-bond acceptors (Lipinski definition) is 0. The van der Waals surface area contributed by atoms with Crippen LogP contribution in [0.25, 0.3) is 4.85 Å². The van der Waals surface area contributed by atoms with Crippen LogP contribution in [0.4, 0.5) is 22.0 Å². The lowest BCUT2D eigenvalue weighted by molar-refractivity contribution is -0.188. The molecule has 0 fully saturated rings. The summed E-state index contributed by atoms with van der Waals surface area (Å²) in [6.45, 7) is 5.54. The molecule has 0 aliphatic heterocycles. The van der Waals surface area contributed by atoms with E-state index in [1.54, 1.807) is 0 Å². The van der Waals surface area contributed by atoms with Crippen molar-refractivity contribution >= 4 is 0 Å². The first kappa shape index (κ1) is 11.1. The third-order valence-corrected chi connectivity index (χ3v) is 1.05. The number of nitrogens with zero attached hydrogens (tertiary/aromatic N) is 1. The van der Waals surface area contributed by atoms with Crippen LogP contribution in [0.1, 0.15) is 12.8 Å². The van der Waals surface area contributed by atoms with E-state index in [9.17, 15) is 22.0 Å². The second kappa shape index (κ2) is 3.70. The van der Waals surface area contributed by atoms with Crippen LogP contribution < -0.4 is 0 Å². The Morgan fingerprint density at radius 1 is 1.08 bits per heavy atom. The molecule has 0 rings (SSSR count). The molecule has 0 bridgehead atoms. The number of alkyl halides is 5. The average molecular weight is 187 g/mol. The Bertz CT molecular complexity index is 177. The average Bonchev–Trinajstić information content (AvgIpc) is 1.78. The van der Waals surface area contributed by atoms with Crippen LogP contribution >= 0.6 is 0 Å². The van der Waals surface area contributed by atoms with Gasteiger partial charge in [0.05, 0.1) is 6.42 Å². The molecule has 0 aromatic rings. The molecule has 0 heterocycles. The summed E-state index contributed by atoms with van der Waals surface area (Å²) in [5.41, 5.74) is 0.